The van der Waals surface area contributed by atoms with Gasteiger partial charge < -0.3 is 5.32 Å². The van der Waals surface area contributed by atoms with Crippen molar-refractivity contribution in [3.63, 3.8) is 0 Å². The number of ketones is 1. The zero-order valence-corrected chi connectivity index (χ0v) is 14.6. The molecule has 4 rings (SSSR count). The van der Waals surface area contributed by atoms with Crippen LogP contribution in [0.4, 0.5) is 11.5 Å². The van der Waals surface area contributed by atoms with Gasteiger partial charge in [0.25, 0.3) is 0 Å². The van der Waals surface area contributed by atoms with E-state index < -0.39 is 0 Å². The third-order valence-electron chi connectivity index (χ3n) is 3.97. The molecule has 2 heterocycles. The van der Waals surface area contributed by atoms with E-state index in [1.54, 1.807) is 29.9 Å². The van der Waals surface area contributed by atoms with E-state index in [0.717, 1.165) is 16.8 Å². The van der Waals surface area contributed by atoms with Gasteiger partial charge in [-0.2, -0.15) is 5.10 Å². The normalized spacial score (nSPS) is 10.8. The second-order valence-electron chi connectivity index (χ2n) is 5.75. The van der Waals surface area contributed by atoms with Crippen LogP contribution in [0.5, 0.6) is 0 Å². The Hall–Kier alpha value is -3.25. The Morgan fingerprint density at radius 3 is 2.65 bits per heavy atom. The number of Topliss-reactive ketones (excluding diaryl/α,β-unsaturated/α-hetero) is 1. The molecule has 0 saturated heterocycles. The number of nitrogens with one attached hydrogen (secondary N) is 1. The molecule has 4 aromatic rings. The molecule has 0 bridgehead atoms. The van der Waals surface area contributed by atoms with E-state index in [1.165, 1.54) is 6.33 Å². The van der Waals surface area contributed by atoms with E-state index in [2.05, 4.69) is 20.4 Å². The van der Waals surface area contributed by atoms with E-state index in [9.17, 15) is 4.79 Å². The standard InChI is InChI=1S/C19H14ClN5O/c1-12(26)13-5-7-15(8-6-13)24-18-17-10-23-25(19(17)22-11-21-18)16-4-2-3-14(20)9-16/h2-11H,1H3,(H,21,22,24). The quantitative estimate of drug-likeness (QED) is 0.543. The summed E-state index contributed by atoms with van der Waals surface area (Å²) in [7, 11) is 0. The van der Waals surface area contributed by atoms with Gasteiger partial charge in [-0.05, 0) is 49.4 Å². The number of nitrogens with zero attached hydrogens (tertiary/aromatic N) is 4. The second kappa shape index (κ2) is 6.57. The summed E-state index contributed by atoms with van der Waals surface area (Å²) in [5, 5.41) is 9.07. The van der Waals surface area contributed by atoms with Gasteiger partial charge in [0.05, 0.1) is 17.3 Å². The molecule has 0 aliphatic carbocycles. The van der Waals surface area contributed by atoms with Crippen molar-refractivity contribution in [1.29, 1.82) is 0 Å². The molecule has 0 fully saturated rings. The Morgan fingerprint density at radius 2 is 1.92 bits per heavy atom. The number of carbonyl (C=O) groups excluding carboxylic acids is 1. The lowest BCUT2D eigenvalue weighted by Crippen LogP contribution is -2.00. The third-order valence-corrected chi connectivity index (χ3v) is 4.21. The topological polar surface area (TPSA) is 72.7 Å². The zero-order chi connectivity index (χ0) is 18.1. The molecule has 0 aliphatic rings. The van der Waals surface area contributed by atoms with Crippen molar-refractivity contribution >= 4 is 39.9 Å². The Morgan fingerprint density at radius 1 is 1.12 bits per heavy atom. The van der Waals surface area contributed by atoms with Crippen molar-refractivity contribution in [2.45, 2.75) is 6.92 Å². The summed E-state index contributed by atoms with van der Waals surface area (Å²) in [6.07, 6.45) is 3.19. The molecule has 26 heavy (non-hydrogen) atoms. The molecule has 0 unspecified atom stereocenters. The SMILES string of the molecule is CC(=O)c1ccc(Nc2ncnc3c2cnn3-c2cccc(Cl)c2)cc1. The number of carbonyl (C=O) groups is 1. The fourth-order valence-electron chi connectivity index (χ4n) is 2.67. The molecule has 0 saturated carbocycles. The predicted octanol–water partition coefficient (Wildman–Crippen LogP) is 4.42. The van der Waals surface area contributed by atoms with Crippen LogP contribution in [-0.2, 0) is 0 Å². The van der Waals surface area contributed by atoms with Crippen LogP contribution in [0.25, 0.3) is 16.7 Å². The highest BCUT2D eigenvalue weighted by molar-refractivity contribution is 6.30. The number of rotatable bonds is 4. The summed E-state index contributed by atoms with van der Waals surface area (Å²) in [6.45, 7) is 1.54. The molecule has 2 aromatic heterocycles. The monoisotopic (exact) mass is 363 g/mol. The molecule has 0 amide bonds. The summed E-state index contributed by atoms with van der Waals surface area (Å²) in [4.78, 5) is 20.1. The van der Waals surface area contributed by atoms with Gasteiger partial charge in [0.2, 0.25) is 0 Å². The van der Waals surface area contributed by atoms with E-state index in [4.69, 9.17) is 11.6 Å². The minimum absolute atomic E-state index is 0.0313. The molecule has 7 heteroatoms. The Kier molecular flexibility index (Phi) is 4.10. The van der Waals surface area contributed by atoms with Gasteiger partial charge in [-0.15, -0.1) is 0 Å². The van der Waals surface area contributed by atoms with Crippen molar-refractivity contribution in [2.75, 3.05) is 5.32 Å². The van der Waals surface area contributed by atoms with Crippen LogP contribution in [0, 0.1) is 0 Å². The van der Waals surface area contributed by atoms with Crippen molar-refractivity contribution < 1.29 is 4.79 Å². The average Bonchev–Trinajstić information content (AvgIpc) is 3.07. The van der Waals surface area contributed by atoms with Crippen LogP contribution in [0.15, 0.2) is 61.1 Å². The second-order valence-corrected chi connectivity index (χ2v) is 6.19. The van der Waals surface area contributed by atoms with E-state index in [-0.39, 0.29) is 5.78 Å². The highest BCUT2D eigenvalue weighted by atomic mass is 35.5. The molecule has 128 valence electrons. The maximum atomic E-state index is 11.4. The Labute approximate surface area is 154 Å². The molecule has 0 atom stereocenters. The summed E-state index contributed by atoms with van der Waals surface area (Å²) >= 11 is 6.08. The van der Waals surface area contributed by atoms with Gasteiger partial charge in [0.1, 0.15) is 12.1 Å². The van der Waals surface area contributed by atoms with Crippen molar-refractivity contribution in [3.05, 3.63) is 71.6 Å². The van der Waals surface area contributed by atoms with E-state index in [1.807, 2.05) is 36.4 Å². The Balaban J connectivity index is 1.72. The van der Waals surface area contributed by atoms with Crippen LogP contribution in [0.1, 0.15) is 17.3 Å². The minimum Gasteiger partial charge on any atom is -0.340 e. The molecule has 6 nitrogen and oxygen atoms in total. The van der Waals surface area contributed by atoms with Crippen LogP contribution in [0.3, 0.4) is 0 Å². The first-order valence-corrected chi connectivity index (χ1v) is 8.32. The van der Waals surface area contributed by atoms with Gasteiger partial charge in [0.15, 0.2) is 11.4 Å². The molecule has 1 N–H and O–H groups in total. The van der Waals surface area contributed by atoms with Gasteiger partial charge in [0, 0.05) is 16.3 Å². The minimum atomic E-state index is 0.0313. The van der Waals surface area contributed by atoms with E-state index >= 15 is 0 Å². The molecular formula is C19H14ClN5O. The number of aromatic nitrogens is 4. The summed E-state index contributed by atoms with van der Waals surface area (Å²) < 4.78 is 1.72. The first-order chi connectivity index (χ1) is 12.6. The first-order valence-electron chi connectivity index (χ1n) is 7.94. The average molecular weight is 364 g/mol. The molecule has 0 radical (unpaired) electrons. The third kappa shape index (κ3) is 3.02. The molecule has 2 aromatic carbocycles. The zero-order valence-electron chi connectivity index (χ0n) is 13.8. The van der Waals surface area contributed by atoms with E-state index in [0.29, 0.717) is 22.1 Å². The number of halogens is 1. The van der Waals surface area contributed by atoms with Gasteiger partial charge in [-0.3, -0.25) is 4.79 Å². The number of hydrogen-bond acceptors (Lipinski definition) is 5. The van der Waals surface area contributed by atoms with Crippen molar-refractivity contribution in [3.8, 4) is 5.69 Å². The fourth-order valence-corrected chi connectivity index (χ4v) is 2.85. The van der Waals surface area contributed by atoms with Crippen molar-refractivity contribution in [1.82, 2.24) is 19.7 Å². The largest absolute Gasteiger partial charge is 0.340 e. The molecular weight excluding hydrogens is 350 g/mol. The summed E-state index contributed by atoms with van der Waals surface area (Å²) in [5.74, 6) is 0.669. The van der Waals surface area contributed by atoms with Crippen LogP contribution >= 0.6 is 11.6 Å². The number of fused-ring (bicyclic) bond motifs is 1. The molecule has 0 spiro atoms. The number of benzene rings is 2. The summed E-state index contributed by atoms with van der Waals surface area (Å²) in [6, 6.07) is 14.6. The lowest BCUT2D eigenvalue weighted by Gasteiger charge is -2.07. The van der Waals surface area contributed by atoms with Crippen LogP contribution in [-0.4, -0.2) is 25.5 Å². The predicted molar refractivity (Wildman–Crippen MR) is 101 cm³/mol. The highest BCUT2D eigenvalue weighted by Gasteiger charge is 2.11. The van der Waals surface area contributed by atoms with Crippen LogP contribution < -0.4 is 5.32 Å². The maximum absolute atomic E-state index is 11.4. The smallest absolute Gasteiger partial charge is 0.168 e. The first kappa shape index (κ1) is 16.2. The Bertz CT molecular complexity index is 1100. The van der Waals surface area contributed by atoms with Crippen molar-refractivity contribution in [2.24, 2.45) is 0 Å². The number of anilines is 2. The van der Waals surface area contributed by atoms with Crippen LogP contribution in [0.2, 0.25) is 5.02 Å². The van der Waals surface area contributed by atoms with Gasteiger partial charge >= 0.3 is 0 Å². The lowest BCUT2D eigenvalue weighted by atomic mass is 10.1. The van der Waals surface area contributed by atoms with Gasteiger partial charge in [-0.1, -0.05) is 17.7 Å². The lowest BCUT2D eigenvalue weighted by molar-refractivity contribution is 0.101. The highest BCUT2D eigenvalue weighted by Crippen LogP contribution is 2.25. The fraction of sp³-hybridized carbons (Fsp3) is 0.0526. The number of hydrogen-bond donors (Lipinski definition) is 1. The maximum Gasteiger partial charge on any atom is 0.168 e. The van der Waals surface area contributed by atoms with Gasteiger partial charge in [-0.25, -0.2) is 14.6 Å². The molecule has 0 aliphatic heterocycles. The summed E-state index contributed by atoms with van der Waals surface area (Å²) in [5.41, 5.74) is 2.98.